The monoisotopic (exact) mass is 207 g/mol. The summed E-state index contributed by atoms with van der Waals surface area (Å²) in [5.41, 5.74) is 2.75. The van der Waals surface area contributed by atoms with Crippen molar-refractivity contribution >= 4 is 0 Å². The van der Waals surface area contributed by atoms with Gasteiger partial charge in [-0.1, -0.05) is 31.2 Å². The maximum Gasteiger partial charge on any atom is 0.0590 e. The second-order valence-corrected chi connectivity index (χ2v) is 3.55. The minimum Gasteiger partial charge on any atom is -0.380 e. The van der Waals surface area contributed by atoms with E-state index in [9.17, 15) is 0 Å². The second-order valence-electron chi connectivity index (χ2n) is 3.55. The largest absolute Gasteiger partial charge is 0.380 e. The van der Waals surface area contributed by atoms with Crippen LogP contribution in [0.3, 0.4) is 0 Å². The van der Waals surface area contributed by atoms with Gasteiger partial charge in [0.25, 0.3) is 0 Å². The summed E-state index contributed by atoms with van der Waals surface area (Å²) < 4.78 is 5.25. The molecule has 0 atom stereocenters. The molecule has 0 saturated carbocycles. The molecule has 2 heteroatoms. The molecule has 1 rings (SSSR count). The molecule has 0 aliphatic carbocycles. The number of nitrogens with one attached hydrogen (secondary N) is 1. The van der Waals surface area contributed by atoms with Gasteiger partial charge in [0.1, 0.15) is 0 Å². The van der Waals surface area contributed by atoms with E-state index in [0.29, 0.717) is 0 Å². The van der Waals surface area contributed by atoms with Crippen molar-refractivity contribution in [2.24, 2.45) is 0 Å². The van der Waals surface area contributed by atoms with Crippen LogP contribution in [-0.2, 0) is 17.7 Å². The summed E-state index contributed by atoms with van der Waals surface area (Å²) in [7, 11) is 0. The van der Waals surface area contributed by atoms with Crippen LogP contribution in [0.1, 0.15) is 25.0 Å². The highest BCUT2D eigenvalue weighted by Crippen LogP contribution is 2.05. The van der Waals surface area contributed by atoms with E-state index in [-0.39, 0.29) is 0 Å². The molecular weight excluding hydrogens is 186 g/mol. The molecule has 15 heavy (non-hydrogen) atoms. The molecule has 1 aromatic rings. The van der Waals surface area contributed by atoms with Gasteiger partial charge in [-0.05, 0) is 24.5 Å². The molecule has 0 heterocycles. The second kappa shape index (κ2) is 7.43. The van der Waals surface area contributed by atoms with Crippen molar-refractivity contribution in [3.63, 3.8) is 0 Å². The molecule has 0 radical (unpaired) electrons. The maximum absolute atomic E-state index is 5.25. The van der Waals surface area contributed by atoms with Gasteiger partial charge >= 0.3 is 0 Å². The molecule has 0 amide bonds. The summed E-state index contributed by atoms with van der Waals surface area (Å²) in [4.78, 5) is 0. The lowest BCUT2D eigenvalue weighted by Gasteiger charge is -2.06. The fourth-order valence-corrected chi connectivity index (χ4v) is 1.48. The number of aryl methyl sites for hydroxylation is 1. The molecule has 0 fully saturated rings. The Bertz CT molecular complexity index is 273. The molecular formula is C13H21NO. The fraction of sp³-hybridized carbons (Fsp3) is 0.538. The SMILES string of the molecule is CCOCCNCc1cccc(CC)c1. The quantitative estimate of drug-likeness (QED) is 0.693. The Kier molecular flexibility index (Phi) is 6.05. The first kappa shape index (κ1) is 12.2. The highest BCUT2D eigenvalue weighted by atomic mass is 16.5. The van der Waals surface area contributed by atoms with Crippen LogP contribution in [0, 0.1) is 0 Å². The van der Waals surface area contributed by atoms with Crippen molar-refractivity contribution in [1.82, 2.24) is 5.32 Å². The van der Waals surface area contributed by atoms with E-state index in [1.807, 2.05) is 6.92 Å². The summed E-state index contributed by atoms with van der Waals surface area (Å²) in [6, 6.07) is 8.71. The minimum absolute atomic E-state index is 0.796. The van der Waals surface area contributed by atoms with Crippen molar-refractivity contribution in [2.45, 2.75) is 26.8 Å². The summed E-state index contributed by atoms with van der Waals surface area (Å²) >= 11 is 0. The third kappa shape index (κ3) is 4.96. The maximum atomic E-state index is 5.25. The summed E-state index contributed by atoms with van der Waals surface area (Å²) in [5.74, 6) is 0. The Morgan fingerprint density at radius 3 is 2.73 bits per heavy atom. The van der Waals surface area contributed by atoms with E-state index in [4.69, 9.17) is 4.74 Å². The van der Waals surface area contributed by atoms with Crippen molar-refractivity contribution in [3.8, 4) is 0 Å². The molecule has 0 aliphatic rings. The van der Waals surface area contributed by atoms with Crippen molar-refractivity contribution < 1.29 is 4.74 Å². The van der Waals surface area contributed by atoms with E-state index in [1.165, 1.54) is 11.1 Å². The Labute approximate surface area is 92.6 Å². The van der Waals surface area contributed by atoms with Crippen LogP contribution in [0.25, 0.3) is 0 Å². The van der Waals surface area contributed by atoms with E-state index < -0.39 is 0 Å². The van der Waals surface area contributed by atoms with E-state index in [0.717, 1.165) is 32.7 Å². The van der Waals surface area contributed by atoms with Crippen molar-refractivity contribution in [3.05, 3.63) is 35.4 Å². The Balaban J connectivity index is 2.24. The standard InChI is InChI=1S/C13H21NO/c1-3-12-6-5-7-13(10-12)11-14-8-9-15-4-2/h5-7,10,14H,3-4,8-9,11H2,1-2H3. The average Bonchev–Trinajstić information content (AvgIpc) is 2.29. The fourth-order valence-electron chi connectivity index (χ4n) is 1.48. The Hall–Kier alpha value is -0.860. The minimum atomic E-state index is 0.796. The Morgan fingerprint density at radius 2 is 2.00 bits per heavy atom. The number of hydrogen-bond donors (Lipinski definition) is 1. The third-order valence-corrected chi connectivity index (χ3v) is 2.36. The first-order chi connectivity index (χ1) is 7.36. The molecule has 1 aromatic carbocycles. The van der Waals surface area contributed by atoms with Crippen molar-refractivity contribution in [1.29, 1.82) is 0 Å². The number of rotatable bonds is 7. The van der Waals surface area contributed by atoms with Gasteiger partial charge in [0.15, 0.2) is 0 Å². The van der Waals surface area contributed by atoms with Crippen LogP contribution in [-0.4, -0.2) is 19.8 Å². The third-order valence-electron chi connectivity index (χ3n) is 2.36. The lowest BCUT2D eigenvalue weighted by atomic mass is 10.1. The van der Waals surface area contributed by atoms with Crippen LogP contribution in [0.5, 0.6) is 0 Å². The van der Waals surface area contributed by atoms with Crippen LogP contribution in [0.15, 0.2) is 24.3 Å². The van der Waals surface area contributed by atoms with Crippen LogP contribution in [0.4, 0.5) is 0 Å². The molecule has 0 aliphatic heterocycles. The molecule has 84 valence electrons. The summed E-state index contributed by atoms with van der Waals surface area (Å²) in [6.07, 6.45) is 1.10. The smallest absolute Gasteiger partial charge is 0.0590 e. The van der Waals surface area contributed by atoms with Crippen molar-refractivity contribution in [2.75, 3.05) is 19.8 Å². The highest BCUT2D eigenvalue weighted by molar-refractivity contribution is 5.23. The zero-order chi connectivity index (χ0) is 10.9. The molecule has 0 bridgehead atoms. The lowest BCUT2D eigenvalue weighted by molar-refractivity contribution is 0.149. The van der Waals surface area contributed by atoms with Gasteiger partial charge in [-0.15, -0.1) is 0 Å². The van der Waals surface area contributed by atoms with Gasteiger partial charge in [-0.25, -0.2) is 0 Å². The molecule has 0 spiro atoms. The number of ether oxygens (including phenoxy) is 1. The highest BCUT2D eigenvalue weighted by Gasteiger charge is 1.94. The van der Waals surface area contributed by atoms with Crippen LogP contribution < -0.4 is 5.32 Å². The van der Waals surface area contributed by atoms with Crippen LogP contribution in [0.2, 0.25) is 0 Å². The first-order valence-electron chi connectivity index (χ1n) is 5.73. The number of hydrogen-bond acceptors (Lipinski definition) is 2. The predicted octanol–water partition coefficient (Wildman–Crippen LogP) is 2.38. The summed E-state index contributed by atoms with van der Waals surface area (Å²) in [5, 5.41) is 3.36. The van der Waals surface area contributed by atoms with Gasteiger partial charge < -0.3 is 10.1 Å². The number of benzene rings is 1. The van der Waals surface area contributed by atoms with Gasteiger partial charge in [0.05, 0.1) is 6.61 Å². The molecule has 0 unspecified atom stereocenters. The van der Waals surface area contributed by atoms with Crippen LogP contribution >= 0.6 is 0 Å². The molecule has 0 aromatic heterocycles. The van der Waals surface area contributed by atoms with E-state index in [2.05, 4.69) is 36.5 Å². The molecule has 0 saturated heterocycles. The molecule has 1 N–H and O–H groups in total. The first-order valence-corrected chi connectivity index (χ1v) is 5.73. The van der Waals surface area contributed by atoms with Gasteiger partial charge in [-0.2, -0.15) is 0 Å². The Morgan fingerprint density at radius 1 is 1.20 bits per heavy atom. The predicted molar refractivity (Wildman–Crippen MR) is 64.0 cm³/mol. The molecule has 2 nitrogen and oxygen atoms in total. The van der Waals surface area contributed by atoms with Gasteiger partial charge in [0.2, 0.25) is 0 Å². The van der Waals surface area contributed by atoms with Gasteiger partial charge in [0, 0.05) is 19.7 Å². The normalized spacial score (nSPS) is 10.5. The lowest BCUT2D eigenvalue weighted by Crippen LogP contribution is -2.19. The van der Waals surface area contributed by atoms with E-state index >= 15 is 0 Å². The average molecular weight is 207 g/mol. The van der Waals surface area contributed by atoms with E-state index in [1.54, 1.807) is 0 Å². The topological polar surface area (TPSA) is 21.3 Å². The summed E-state index contributed by atoms with van der Waals surface area (Å²) in [6.45, 7) is 7.65. The van der Waals surface area contributed by atoms with Gasteiger partial charge in [-0.3, -0.25) is 0 Å². The zero-order valence-electron chi connectivity index (χ0n) is 9.75. The zero-order valence-corrected chi connectivity index (χ0v) is 9.75.